The molecule has 0 aromatic heterocycles. The number of carbonyl (C=O) groups is 1. The number of benzene rings is 1. The summed E-state index contributed by atoms with van der Waals surface area (Å²) >= 11 is 4.81. The minimum atomic E-state index is -0.368. The lowest BCUT2D eigenvalue weighted by atomic mass is 10.1. The van der Waals surface area contributed by atoms with Crippen LogP contribution in [0.5, 0.6) is 11.5 Å². The van der Waals surface area contributed by atoms with Gasteiger partial charge in [0.2, 0.25) is 0 Å². The molecule has 0 fully saturated rings. The topological polar surface area (TPSA) is 73.6 Å². The summed E-state index contributed by atoms with van der Waals surface area (Å²) in [7, 11) is 0. The fraction of sp³-hybridized carbons (Fsp3) is 0.333. The van der Waals surface area contributed by atoms with E-state index in [0.29, 0.717) is 30.3 Å². The van der Waals surface area contributed by atoms with Crippen LogP contribution in [0.1, 0.15) is 17.3 Å². The van der Waals surface area contributed by atoms with Gasteiger partial charge in [-0.25, -0.2) is 0 Å². The van der Waals surface area contributed by atoms with Gasteiger partial charge in [0.05, 0.1) is 16.6 Å². The van der Waals surface area contributed by atoms with Crippen LogP contribution in [0.25, 0.3) is 0 Å². The Bertz CT molecular complexity index is 490. The molecule has 3 N–H and O–H groups in total. The highest BCUT2D eigenvalue weighted by Gasteiger charge is 2.21. The second-order valence-electron chi connectivity index (χ2n) is 3.93. The Kier molecular flexibility index (Phi) is 3.66. The Hall–Kier alpha value is -1.82. The van der Waals surface area contributed by atoms with E-state index in [4.69, 9.17) is 27.4 Å². The molecule has 0 bridgehead atoms. The van der Waals surface area contributed by atoms with E-state index in [9.17, 15) is 4.79 Å². The number of amides is 1. The molecule has 0 spiro atoms. The van der Waals surface area contributed by atoms with E-state index in [1.54, 1.807) is 25.1 Å². The molecule has 18 heavy (non-hydrogen) atoms. The number of rotatable bonds is 3. The first-order valence-corrected chi connectivity index (χ1v) is 5.99. The second-order valence-corrected chi connectivity index (χ2v) is 4.40. The summed E-state index contributed by atoms with van der Waals surface area (Å²) in [5.74, 6) is 0.769. The molecule has 1 aliphatic heterocycles. The number of ether oxygens (including phenoxy) is 2. The maximum Gasteiger partial charge on any atom is 0.255 e. The SMILES string of the molecule is CC(NC(=O)c1cccc2c1OCCO2)C(N)=S. The smallest absolute Gasteiger partial charge is 0.255 e. The summed E-state index contributed by atoms with van der Waals surface area (Å²) in [6.45, 7) is 2.65. The van der Waals surface area contributed by atoms with E-state index in [-0.39, 0.29) is 16.9 Å². The van der Waals surface area contributed by atoms with E-state index >= 15 is 0 Å². The van der Waals surface area contributed by atoms with Crippen LogP contribution in [-0.2, 0) is 0 Å². The lowest BCUT2D eigenvalue weighted by Crippen LogP contribution is -2.41. The van der Waals surface area contributed by atoms with Crippen molar-refractivity contribution in [1.29, 1.82) is 0 Å². The number of fused-ring (bicyclic) bond motifs is 1. The van der Waals surface area contributed by atoms with Crippen LogP contribution in [0.3, 0.4) is 0 Å². The van der Waals surface area contributed by atoms with E-state index in [0.717, 1.165) is 0 Å². The highest BCUT2D eigenvalue weighted by Crippen LogP contribution is 2.33. The van der Waals surface area contributed by atoms with Gasteiger partial charge in [-0.3, -0.25) is 4.79 Å². The summed E-state index contributed by atoms with van der Waals surface area (Å²) in [4.78, 5) is 12.3. The molecule has 1 atom stereocenters. The maximum atomic E-state index is 12.1. The highest BCUT2D eigenvalue weighted by atomic mass is 32.1. The van der Waals surface area contributed by atoms with Gasteiger partial charge < -0.3 is 20.5 Å². The molecule has 0 saturated heterocycles. The maximum absolute atomic E-state index is 12.1. The van der Waals surface area contributed by atoms with Crippen molar-refractivity contribution >= 4 is 23.1 Å². The number of nitrogens with one attached hydrogen (secondary N) is 1. The first kappa shape index (κ1) is 12.6. The third-order valence-corrected chi connectivity index (χ3v) is 2.94. The molecule has 1 aromatic rings. The number of hydrogen-bond acceptors (Lipinski definition) is 4. The normalized spacial score (nSPS) is 14.7. The molecule has 0 radical (unpaired) electrons. The van der Waals surface area contributed by atoms with Crippen molar-refractivity contribution < 1.29 is 14.3 Å². The summed E-state index contributed by atoms with van der Waals surface area (Å²) in [6, 6.07) is 4.82. The quantitative estimate of drug-likeness (QED) is 0.794. The third kappa shape index (κ3) is 2.53. The molecule has 0 aliphatic carbocycles. The van der Waals surface area contributed by atoms with Gasteiger partial charge in [-0.15, -0.1) is 0 Å². The van der Waals surface area contributed by atoms with Gasteiger partial charge in [-0.1, -0.05) is 18.3 Å². The van der Waals surface area contributed by atoms with Crippen molar-refractivity contribution in [3.05, 3.63) is 23.8 Å². The number of carbonyl (C=O) groups excluding carboxylic acids is 1. The Morgan fingerprint density at radius 2 is 2.17 bits per heavy atom. The minimum Gasteiger partial charge on any atom is -0.486 e. The zero-order chi connectivity index (χ0) is 13.1. The van der Waals surface area contributed by atoms with Gasteiger partial charge in [0.25, 0.3) is 5.91 Å². The molecular weight excluding hydrogens is 252 g/mol. The zero-order valence-corrected chi connectivity index (χ0v) is 10.8. The van der Waals surface area contributed by atoms with Crippen LogP contribution in [0.15, 0.2) is 18.2 Å². The van der Waals surface area contributed by atoms with Crippen LogP contribution in [0.4, 0.5) is 0 Å². The van der Waals surface area contributed by atoms with E-state index < -0.39 is 0 Å². The molecule has 6 heteroatoms. The van der Waals surface area contributed by atoms with E-state index in [1.807, 2.05) is 0 Å². The fourth-order valence-corrected chi connectivity index (χ4v) is 1.66. The molecule has 5 nitrogen and oxygen atoms in total. The Morgan fingerprint density at radius 3 is 2.89 bits per heavy atom. The predicted molar refractivity (Wildman–Crippen MR) is 71.1 cm³/mol. The minimum absolute atomic E-state index is 0.241. The van der Waals surface area contributed by atoms with Gasteiger partial charge in [-0.05, 0) is 19.1 Å². The summed E-state index contributed by atoms with van der Waals surface area (Å²) in [5, 5.41) is 2.71. The molecule has 1 heterocycles. The van der Waals surface area contributed by atoms with Crippen LogP contribution in [0.2, 0.25) is 0 Å². The molecule has 1 unspecified atom stereocenters. The fourth-order valence-electron chi connectivity index (χ4n) is 1.60. The number of hydrogen-bond donors (Lipinski definition) is 2. The molecule has 0 saturated carbocycles. The number of thiocarbonyl (C=S) groups is 1. The largest absolute Gasteiger partial charge is 0.486 e. The van der Waals surface area contributed by atoms with Crippen molar-refractivity contribution in [3.8, 4) is 11.5 Å². The van der Waals surface area contributed by atoms with Gasteiger partial charge in [0, 0.05) is 0 Å². The Balaban J connectivity index is 2.23. The lowest BCUT2D eigenvalue weighted by molar-refractivity contribution is 0.0938. The van der Waals surface area contributed by atoms with Crippen LogP contribution in [0, 0.1) is 0 Å². The Labute approximate surface area is 110 Å². The number of para-hydroxylation sites is 1. The molecule has 1 amide bonds. The molecular formula is C12H14N2O3S. The van der Waals surface area contributed by atoms with Crippen molar-refractivity contribution in [2.75, 3.05) is 13.2 Å². The van der Waals surface area contributed by atoms with Crippen molar-refractivity contribution in [1.82, 2.24) is 5.32 Å². The van der Waals surface area contributed by atoms with Gasteiger partial charge in [0.1, 0.15) is 13.2 Å². The number of nitrogens with two attached hydrogens (primary N) is 1. The van der Waals surface area contributed by atoms with E-state index in [2.05, 4.69) is 5.32 Å². The summed E-state index contributed by atoms with van der Waals surface area (Å²) in [5.41, 5.74) is 5.89. The van der Waals surface area contributed by atoms with Crippen molar-refractivity contribution in [2.24, 2.45) is 5.73 Å². The molecule has 96 valence electrons. The lowest BCUT2D eigenvalue weighted by Gasteiger charge is -2.21. The van der Waals surface area contributed by atoms with Crippen LogP contribution >= 0.6 is 12.2 Å². The molecule has 1 aromatic carbocycles. The van der Waals surface area contributed by atoms with Crippen molar-refractivity contribution in [3.63, 3.8) is 0 Å². The highest BCUT2D eigenvalue weighted by molar-refractivity contribution is 7.80. The van der Waals surface area contributed by atoms with Gasteiger partial charge >= 0.3 is 0 Å². The average molecular weight is 266 g/mol. The third-order valence-electron chi connectivity index (χ3n) is 2.59. The molecule has 1 aliphatic rings. The second kappa shape index (κ2) is 5.22. The summed E-state index contributed by atoms with van der Waals surface area (Å²) < 4.78 is 10.9. The first-order valence-electron chi connectivity index (χ1n) is 5.58. The zero-order valence-electron chi connectivity index (χ0n) is 9.93. The van der Waals surface area contributed by atoms with E-state index in [1.165, 1.54) is 0 Å². The standard InChI is InChI=1S/C12H14N2O3S/c1-7(11(13)18)14-12(15)8-3-2-4-9-10(8)17-6-5-16-9/h2-4,7H,5-6H2,1H3,(H2,13,18)(H,14,15). The Morgan fingerprint density at radius 1 is 1.44 bits per heavy atom. The van der Waals surface area contributed by atoms with Crippen molar-refractivity contribution in [2.45, 2.75) is 13.0 Å². The predicted octanol–water partition coefficient (Wildman–Crippen LogP) is 0.862. The molecule has 2 rings (SSSR count). The van der Waals surface area contributed by atoms with Gasteiger partial charge in [0.15, 0.2) is 11.5 Å². The van der Waals surface area contributed by atoms with Gasteiger partial charge in [-0.2, -0.15) is 0 Å². The van der Waals surface area contributed by atoms with Crippen LogP contribution < -0.4 is 20.5 Å². The average Bonchev–Trinajstić information content (AvgIpc) is 2.37. The van der Waals surface area contributed by atoms with Crippen LogP contribution in [-0.4, -0.2) is 30.2 Å². The summed E-state index contributed by atoms with van der Waals surface area (Å²) in [6.07, 6.45) is 0. The monoisotopic (exact) mass is 266 g/mol. The first-order chi connectivity index (χ1) is 8.59.